The zero-order chi connectivity index (χ0) is 9.97. The molecule has 1 saturated heterocycles. The minimum Gasteiger partial charge on any atom is -0.300 e. The van der Waals surface area contributed by atoms with Gasteiger partial charge >= 0.3 is 0 Å². The van der Waals surface area contributed by atoms with Gasteiger partial charge in [0.2, 0.25) is 0 Å². The monoisotopic (exact) mass is 195 g/mol. The first-order valence-corrected chi connectivity index (χ1v) is 6.07. The van der Waals surface area contributed by atoms with Gasteiger partial charge in [0, 0.05) is 18.9 Å². The van der Waals surface area contributed by atoms with E-state index in [1.807, 2.05) is 0 Å². The first-order valence-electron chi connectivity index (χ1n) is 6.07. The van der Waals surface area contributed by atoms with Crippen LogP contribution < -0.4 is 0 Å². The van der Waals surface area contributed by atoms with E-state index < -0.39 is 0 Å². The van der Waals surface area contributed by atoms with Crippen LogP contribution in [0.25, 0.3) is 0 Å². The Morgan fingerprint density at radius 1 is 1.43 bits per heavy atom. The second kappa shape index (κ2) is 4.43. The summed E-state index contributed by atoms with van der Waals surface area (Å²) in [5, 5.41) is 0. The molecule has 0 unspecified atom stereocenters. The molecule has 0 aromatic carbocycles. The molecular weight excluding hydrogens is 174 g/mol. The van der Waals surface area contributed by atoms with Crippen molar-refractivity contribution >= 4 is 5.78 Å². The Labute approximate surface area is 86.7 Å². The highest BCUT2D eigenvalue weighted by molar-refractivity contribution is 5.79. The number of Topliss-reactive ketones (excluding diaryl/α,β-unsaturated/α-hetero) is 1. The van der Waals surface area contributed by atoms with Gasteiger partial charge in [-0.3, -0.25) is 9.69 Å². The molecule has 2 fully saturated rings. The highest BCUT2D eigenvalue weighted by atomic mass is 16.1. The van der Waals surface area contributed by atoms with Crippen molar-refractivity contribution in [2.24, 2.45) is 5.92 Å². The first kappa shape index (κ1) is 10.2. The third-order valence-electron chi connectivity index (χ3n) is 3.78. The summed E-state index contributed by atoms with van der Waals surface area (Å²) in [6, 6.07) is 0.602. The van der Waals surface area contributed by atoms with Crippen LogP contribution in [0.2, 0.25) is 0 Å². The Balaban J connectivity index is 2.00. The van der Waals surface area contributed by atoms with Gasteiger partial charge in [-0.1, -0.05) is 6.92 Å². The fourth-order valence-electron chi connectivity index (χ4n) is 3.09. The number of hydrogen-bond donors (Lipinski definition) is 0. The number of carbonyl (C=O) groups excluding carboxylic acids is 1. The number of carbonyl (C=O) groups is 1. The van der Waals surface area contributed by atoms with Crippen molar-refractivity contribution in [3.05, 3.63) is 0 Å². The lowest BCUT2D eigenvalue weighted by atomic mass is 9.78. The average molecular weight is 195 g/mol. The SMILES string of the molecule is CCCN1CCC[C@H]2CCC(=O)C[C@@H]21. The van der Waals surface area contributed by atoms with Crippen LogP contribution >= 0.6 is 0 Å². The second-order valence-electron chi connectivity index (χ2n) is 4.79. The number of nitrogens with zero attached hydrogens (tertiary/aromatic N) is 1. The van der Waals surface area contributed by atoms with Crippen molar-refractivity contribution < 1.29 is 4.79 Å². The van der Waals surface area contributed by atoms with Crippen LogP contribution in [0.5, 0.6) is 0 Å². The molecule has 2 aliphatic rings. The fraction of sp³-hybridized carbons (Fsp3) is 0.917. The highest BCUT2D eigenvalue weighted by Crippen LogP contribution is 2.33. The standard InChI is InChI=1S/C12H21NO/c1-2-7-13-8-3-4-10-5-6-11(14)9-12(10)13/h10,12H,2-9H2,1H3/t10-,12-/m0/s1. The Hall–Kier alpha value is -0.370. The van der Waals surface area contributed by atoms with E-state index >= 15 is 0 Å². The molecule has 0 spiro atoms. The second-order valence-corrected chi connectivity index (χ2v) is 4.79. The lowest BCUT2D eigenvalue weighted by Gasteiger charge is -2.43. The molecule has 0 amide bonds. The summed E-state index contributed by atoms with van der Waals surface area (Å²) in [6.07, 6.45) is 6.76. The van der Waals surface area contributed by atoms with E-state index in [0.29, 0.717) is 11.8 Å². The van der Waals surface area contributed by atoms with E-state index in [9.17, 15) is 4.79 Å². The lowest BCUT2D eigenvalue weighted by molar-refractivity contribution is -0.124. The summed E-state index contributed by atoms with van der Waals surface area (Å²) in [5.41, 5.74) is 0. The van der Waals surface area contributed by atoms with Gasteiger partial charge < -0.3 is 0 Å². The van der Waals surface area contributed by atoms with E-state index in [4.69, 9.17) is 0 Å². The molecule has 1 aliphatic carbocycles. The zero-order valence-corrected chi connectivity index (χ0v) is 9.17. The number of hydrogen-bond acceptors (Lipinski definition) is 2. The molecule has 0 radical (unpaired) electrons. The van der Waals surface area contributed by atoms with Crippen LogP contribution in [-0.4, -0.2) is 29.8 Å². The number of fused-ring (bicyclic) bond motifs is 1. The van der Waals surface area contributed by atoms with Crippen LogP contribution in [0.15, 0.2) is 0 Å². The molecule has 1 heterocycles. The van der Waals surface area contributed by atoms with Crippen molar-refractivity contribution in [3.63, 3.8) is 0 Å². The molecule has 0 aromatic rings. The maximum absolute atomic E-state index is 11.4. The Kier molecular flexibility index (Phi) is 3.22. The molecular formula is C12H21NO. The summed E-state index contributed by atoms with van der Waals surface area (Å²) in [7, 11) is 0. The number of likely N-dealkylation sites (tertiary alicyclic amines) is 1. The summed E-state index contributed by atoms with van der Waals surface area (Å²) >= 11 is 0. The van der Waals surface area contributed by atoms with Gasteiger partial charge in [0.15, 0.2) is 0 Å². The maximum Gasteiger partial charge on any atom is 0.134 e. The van der Waals surface area contributed by atoms with Gasteiger partial charge in [-0.25, -0.2) is 0 Å². The number of ketones is 1. The molecule has 0 aromatic heterocycles. The molecule has 2 atom stereocenters. The van der Waals surface area contributed by atoms with E-state index in [-0.39, 0.29) is 0 Å². The molecule has 0 bridgehead atoms. The van der Waals surface area contributed by atoms with Gasteiger partial charge in [-0.15, -0.1) is 0 Å². The van der Waals surface area contributed by atoms with E-state index in [1.165, 1.54) is 32.4 Å². The smallest absolute Gasteiger partial charge is 0.134 e. The average Bonchev–Trinajstić information content (AvgIpc) is 2.19. The Morgan fingerprint density at radius 3 is 3.07 bits per heavy atom. The van der Waals surface area contributed by atoms with Crippen LogP contribution in [-0.2, 0) is 4.79 Å². The van der Waals surface area contributed by atoms with E-state index in [1.54, 1.807) is 0 Å². The molecule has 2 rings (SSSR count). The fourth-order valence-corrected chi connectivity index (χ4v) is 3.09. The molecule has 1 aliphatic heterocycles. The largest absolute Gasteiger partial charge is 0.300 e. The van der Waals surface area contributed by atoms with Crippen molar-refractivity contribution in [1.29, 1.82) is 0 Å². The summed E-state index contributed by atoms with van der Waals surface area (Å²) < 4.78 is 0. The molecule has 0 N–H and O–H groups in total. The van der Waals surface area contributed by atoms with Crippen molar-refractivity contribution in [2.45, 2.75) is 51.5 Å². The molecule has 1 saturated carbocycles. The van der Waals surface area contributed by atoms with Gasteiger partial charge in [-0.05, 0) is 44.7 Å². The van der Waals surface area contributed by atoms with Gasteiger partial charge in [-0.2, -0.15) is 0 Å². The minimum atomic E-state index is 0.495. The van der Waals surface area contributed by atoms with Crippen LogP contribution in [0.1, 0.15) is 45.4 Å². The Morgan fingerprint density at radius 2 is 2.29 bits per heavy atom. The minimum absolute atomic E-state index is 0.495. The van der Waals surface area contributed by atoms with Crippen LogP contribution in [0.4, 0.5) is 0 Å². The highest BCUT2D eigenvalue weighted by Gasteiger charge is 2.35. The normalized spacial score (nSPS) is 34.2. The molecule has 80 valence electrons. The van der Waals surface area contributed by atoms with Gasteiger partial charge in [0.25, 0.3) is 0 Å². The predicted molar refractivity (Wildman–Crippen MR) is 57.2 cm³/mol. The number of piperidine rings is 1. The number of rotatable bonds is 2. The quantitative estimate of drug-likeness (QED) is 0.673. The Bertz CT molecular complexity index is 212. The summed E-state index contributed by atoms with van der Waals surface area (Å²) in [4.78, 5) is 14.0. The topological polar surface area (TPSA) is 20.3 Å². The molecule has 2 nitrogen and oxygen atoms in total. The third-order valence-corrected chi connectivity index (χ3v) is 3.78. The third kappa shape index (κ3) is 2.00. The van der Waals surface area contributed by atoms with Crippen molar-refractivity contribution in [1.82, 2.24) is 4.90 Å². The zero-order valence-electron chi connectivity index (χ0n) is 9.17. The van der Waals surface area contributed by atoms with Gasteiger partial charge in [0.05, 0.1) is 0 Å². The van der Waals surface area contributed by atoms with E-state index in [2.05, 4.69) is 11.8 Å². The van der Waals surface area contributed by atoms with Gasteiger partial charge in [0.1, 0.15) is 5.78 Å². The van der Waals surface area contributed by atoms with Crippen molar-refractivity contribution in [3.8, 4) is 0 Å². The van der Waals surface area contributed by atoms with Crippen LogP contribution in [0.3, 0.4) is 0 Å². The molecule has 2 heteroatoms. The van der Waals surface area contributed by atoms with Crippen LogP contribution in [0, 0.1) is 5.92 Å². The predicted octanol–water partition coefficient (Wildman–Crippen LogP) is 2.23. The first-order chi connectivity index (χ1) is 6.81. The van der Waals surface area contributed by atoms with Crippen molar-refractivity contribution in [2.75, 3.05) is 13.1 Å². The van der Waals surface area contributed by atoms with E-state index in [0.717, 1.165) is 25.2 Å². The summed E-state index contributed by atoms with van der Waals surface area (Å²) in [5.74, 6) is 1.32. The maximum atomic E-state index is 11.4. The molecule has 14 heavy (non-hydrogen) atoms. The lowest BCUT2D eigenvalue weighted by Crippen LogP contribution is -2.48. The summed E-state index contributed by atoms with van der Waals surface area (Å²) in [6.45, 7) is 4.64.